The molecule has 0 aliphatic heterocycles. The third-order valence-corrected chi connectivity index (χ3v) is 2.26. The van der Waals surface area contributed by atoms with Crippen LogP contribution in [0.25, 0.3) is 11.1 Å². The predicted molar refractivity (Wildman–Crippen MR) is 60.1 cm³/mol. The predicted octanol–water partition coefficient (Wildman–Crippen LogP) is 1.91. The van der Waals surface area contributed by atoms with Gasteiger partial charge in [-0.2, -0.15) is 0 Å². The first-order chi connectivity index (χ1) is 7.29. The fourth-order valence-electron chi connectivity index (χ4n) is 1.44. The molecule has 0 aliphatic carbocycles. The van der Waals surface area contributed by atoms with Gasteiger partial charge in [0.25, 0.3) is 0 Å². The Hall–Kier alpha value is -1.74. The van der Waals surface area contributed by atoms with Crippen molar-refractivity contribution in [3.63, 3.8) is 0 Å². The van der Waals surface area contributed by atoms with Crippen LogP contribution in [0, 0.1) is 6.92 Å². The first-order valence-corrected chi connectivity index (χ1v) is 4.87. The maximum atomic E-state index is 5.49. The summed E-state index contributed by atoms with van der Waals surface area (Å²) < 4.78 is 0. The zero-order chi connectivity index (χ0) is 10.7. The molecule has 0 radical (unpaired) electrons. The van der Waals surface area contributed by atoms with E-state index in [4.69, 9.17) is 5.73 Å². The highest BCUT2D eigenvalue weighted by molar-refractivity contribution is 5.62. The van der Waals surface area contributed by atoms with Crippen LogP contribution in [-0.2, 0) is 6.54 Å². The fraction of sp³-hybridized carbons (Fsp3) is 0.167. The van der Waals surface area contributed by atoms with Crippen LogP contribution in [0.5, 0.6) is 0 Å². The number of hydrogen-bond acceptors (Lipinski definition) is 3. The minimum atomic E-state index is 0.482. The van der Waals surface area contributed by atoms with Crippen molar-refractivity contribution in [1.29, 1.82) is 0 Å². The van der Waals surface area contributed by atoms with Gasteiger partial charge in [0.1, 0.15) is 0 Å². The summed E-state index contributed by atoms with van der Waals surface area (Å²) >= 11 is 0. The van der Waals surface area contributed by atoms with E-state index in [1.165, 1.54) is 0 Å². The summed E-state index contributed by atoms with van der Waals surface area (Å²) in [5.74, 6) is 0. The molecule has 0 amide bonds. The third kappa shape index (κ3) is 2.19. The molecule has 3 heteroatoms. The fourth-order valence-corrected chi connectivity index (χ4v) is 1.44. The van der Waals surface area contributed by atoms with Gasteiger partial charge in [0, 0.05) is 30.2 Å². The lowest BCUT2D eigenvalue weighted by Crippen LogP contribution is -1.98. The van der Waals surface area contributed by atoms with Gasteiger partial charge < -0.3 is 5.73 Å². The largest absolute Gasteiger partial charge is 0.325 e. The molecule has 15 heavy (non-hydrogen) atoms. The van der Waals surface area contributed by atoms with Crippen LogP contribution < -0.4 is 5.73 Å². The smallest absolute Gasteiger partial charge is 0.0539 e. The molecule has 3 nitrogen and oxygen atoms in total. The quantitative estimate of drug-likeness (QED) is 0.803. The maximum absolute atomic E-state index is 5.49. The second kappa shape index (κ2) is 4.19. The van der Waals surface area contributed by atoms with Crippen molar-refractivity contribution in [2.24, 2.45) is 5.73 Å². The second-order valence-electron chi connectivity index (χ2n) is 3.43. The van der Waals surface area contributed by atoms with E-state index in [9.17, 15) is 0 Å². The summed E-state index contributed by atoms with van der Waals surface area (Å²) in [6.45, 7) is 2.46. The van der Waals surface area contributed by atoms with Crippen molar-refractivity contribution in [2.45, 2.75) is 13.5 Å². The molecule has 0 saturated carbocycles. The van der Waals surface area contributed by atoms with Crippen molar-refractivity contribution in [3.8, 4) is 11.1 Å². The minimum absolute atomic E-state index is 0.482. The standard InChI is InChI=1S/C12H13N3/c1-9-6-10(4-5-14-9)11-2-3-12(7-13)15-8-11/h2-6,8H,7,13H2,1H3. The average Bonchev–Trinajstić information content (AvgIpc) is 2.29. The number of hydrogen-bond donors (Lipinski definition) is 1. The van der Waals surface area contributed by atoms with E-state index in [1.807, 2.05) is 43.6 Å². The normalized spacial score (nSPS) is 10.3. The Morgan fingerprint density at radius 2 is 2.00 bits per heavy atom. The molecule has 0 spiro atoms. The lowest BCUT2D eigenvalue weighted by molar-refractivity contribution is 0.991. The van der Waals surface area contributed by atoms with Gasteiger partial charge in [-0.25, -0.2) is 0 Å². The highest BCUT2D eigenvalue weighted by atomic mass is 14.7. The molecule has 0 aromatic carbocycles. The topological polar surface area (TPSA) is 51.8 Å². The molecule has 0 fully saturated rings. The molecule has 2 aromatic heterocycles. The van der Waals surface area contributed by atoms with E-state index < -0.39 is 0 Å². The zero-order valence-corrected chi connectivity index (χ0v) is 8.64. The molecule has 0 unspecified atom stereocenters. The summed E-state index contributed by atoms with van der Waals surface area (Å²) in [6.07, 6.45) is 3.65. The third-order valence-electron chi connectivity index (χ3n) is 2.26. The van der Waals surface area contributed by atoms with Crippen LogP contribution in [0.1, 0.15) is 11.4 Å². The van der Waals surface area contributed by atoms with Crippen LogP contribution in [0.4, 0.5) is 0 Å². The van der Waals surface area contributed by atoms with Crippen molar-refractivity contribution in [1.82, 2.24) is 9.97 Å². The van der Waals surface area contributed by atoms with Crippen LogP contribution in [0.2, 0.25) is 0 Å². The first kappa shape index (κ1) is 9.80. The Kier molecular flexibility index (Phi) is 2.74. The highest BCUT2D eigenvalue weighted by Gasteiger charge is 1.98. The molecular formula is C12H13N3. The zero-order valence-electron chi connectivity index (χ0n) is 8.64. The molecule has 76 valence electrons. The number of pyridine rings is 2. The van der Waals surface area contributed by atoms with Crippen molar-refractivity contribution in [3.05, 3.63) is 48.0 Å². The number of aryl methyl sites for hydroxylation is 1. The van der Waals surface area contributed by atoms with Crippen LogP contribution >= 0.6 is 0 Å². The van der Waals surface area contributed by atoms with Gasteiger partial charge in [0.05, 0.1) is 5.69 Å². The van der Waals surface area contributed by atoms with Gasteiger partial charge in [-0.3, -0.25) is 9.97 Å². The van der Waals surface area contributed by atoms with E-state index in [1.54, 1.807) is 0 Å². The SMILES string of the molecule is Cc1cc(-c2ccc(CN)nc2)ccn1. The minimum Gasteiger partial charge on any atom is -0.325 e. The van der Waals surface area contributed by atoms with E-state index in [0.29, 0.717) is 6.54 Å². The maximum Gasteiger partial charge on any atom is 0.0539 e. The molecule has 2 heterocycles. The first-order valence-electron chi connectivity index (χ1n) is 4.87. The summed E-state index contributed by atoms with van der Waals surface area (Å²) in [6, 6.07) is 8.00. The molecule has 0 saturated heterocycles. The van der Waals surface area contributed by atoms with E-state index in [0.717, 1.165) is 22.5 Å². The molecule has 2 rings (SSSR count). The van der Waals surface area contributed by atoms with Crippen molar-refractivity contribution < 1.29 is 0 Å². The number of nitrogens with two attached hydrogens (primary N) is 1. The Bertz CT molecular complexity index is 449. The monoisotopic (exact) mass is 199 g/mol. The molecule has 0 aliphatic rings. The Morgan fingerprint density at radius 3 is 2.60 bits per heavy atom. The number of nitrogens with zero attached hydrogens (tertiary/aromatic N) is 2. The second-order valence-corrected chi connectivity index (χ2v) is 3.43. The lowest BCUT2D eigenvalue weighted by Gasteiger charge is -2.02. The van der Waals surface area contributed by atoms with Crippen LogP contribution in [-0.4, -0.2) is 9.97 Å². The molecule has 0 atom stereocenters. The van der Waals surface area contributed by atoms with Gasteiger partial charge >= 0.3 is 0 Å². The van der Waals surface area contributed by atoms with E-state index in [2.05, 4.69) is 9.97 Å². The summed E-state index contributed by atoms with van der Waals surface area (Å²) in [5, 5.41) is 0. The summed E-state index contributed by atoms with van der Waals surface area (Å²) in [7, 11) is 0. The Balaban J connectivity index is 2.37. The van der Waals surface area contributed by atoms with Crippen LogP contribution in [0.15, 0.2) is 36.7 Å². The van der Waals surface area contributed by atoms with E-state index >= 15 is 0 Å². The van der Waals surface area contributed by atoms with Crippen molar-refractivity contribution in [2.75, 3.05) is 0 Å². The average molecular weight is 199 g/mol. The Morgan fingerprint density at radius 1 is 1.13 bits per heavy atom. The summed E-state index contributed by atoms with van der Waals surface area (Å²) in [5.41, 5.74) is 9.64. The molecule has 0 bridgehead atoms. The number of aromatic nitrogens is 2. The van der Waals surface area contributed by atoms with Crippen LogP contribution in [0.3, 0.4) is 0 Å². The molecular weight excluding hydrogens is 186 g/mol. The summed E-state index contributed by atoms with van der Waals surface area (Å²) in [4.78, 5) is 8.42. The Labute approximate surface area is 89.0 Å². The van der Waals surface area contributed by atoms with Gasteiger partial charge in [-0.1, -0.05) is 6.07 Å². The van der Waals surface area contributed by atoms with Gasteiger partial charge in [0.2, 0.25) is 0 Å². The lowest BCUT2D eigenvalue weighted by atomic mass is 10.1. The molecule has 2 aromatic rings. The number of rotatable bonds is 2. The van der Waals surface area contributed by atoms with E-state index in [-0.39, 0.29) is 0 Å². The van der Waals surface area contributed by atoms with Gasteiger partial charge in [-0.05, 0) is 30.7 Å². The van der Waals surface area contributed by atoms with Gasteiger partial charge in [0.15, 0.2) is 0 Å². The molecule has 2 N–H and O–H groups in total. The van der Waals surface area contributed by atoms with Gasteiger partial charge in [-0.15, -0.1) is 0 Å². The highest BCUT2D eigenvalue weighted by Crippen LogP contribution is 2.18. The van der Waals surface area contributed by atoms with Crippen molar-refractivity contribution >= 4 is 0 Å².